The predicted octanol–water partition coefficient (Wildman–Crippen LogP) is 2.39. The van der Waals surface area contributed by atoms with Crippen molar-refractivity contribution < 1.29 is 23.0 Å². The van der Waals surface area contributed by atoms with Gasteiger partial charge in [0, 0.05) is 18.0 Å². The number of hydrogen-bond donors (Lipinski definition) is 2. The maximum Gasteiger partial charge on any atom is 0.573 e. The third-order valence-electron chi connectivity index (χ3n) is 2.22. The summed E-state index contributed by atoms with van der Waals surface area (Å²) in [6.07, 6.45) is -3.25. The number of rotatable bonds is 3. The third-order valence-corrected chi connectivity index (χ3v) is 2.22. The Balaban J connectivity index is 2.33. The van der Waals surface area contributed by atoms with Gasteiger partial charge < -0.3 is 14.8 Å². The molecular weight excluding hydrogens is 249 g/mol. The van der Waals surface area contributed by atoms with E-state index in [4.69, 9.17) is 0 Å². The molecule has 0 saturated heterocycles. The maximum atomic E-state index is 12.2. The number of alkyl halides is 3. The van der Waals surface area contributed by atoms with E-state index >= 15 is 0 Å². The molecule has 0 radical (unpaired) electrons. The Morgan fingerprint density at radius 1 is 1.28 bits per heavy atom. The molecule has 18 heavy (non-hydrogen) atoms. The van der Waals surface area contributed by atoms with Crippen LogP contribution in [0.4, 0.5) is 13.2 Å². The molecular formula is C11H9F3N2O2. The van der Waals surface area contributed by atoms with Crippen LogP contribution in [0, 0.1) is 0 Å². The summed E-state index contributed by atoms with van der Waals surface area (Å²) in [4.78, 5) is 6.42. The number of benzene rings is 1. The fourth-order valence-corrected chi connectivity index (χ4v) is 1.50. The number of hydrogen-bond acceptors (Lipinski definition) is 3. The first-order chi connectivity index (χ1) is 8.47. The van der Waals surface area contributed by atoms with Crippen LogP contribution in [-0.4, -0.2) is 21.4 Å². The van der Waals surface area contributed by atoms with E-state index < -0.39 is 18.2 Å². The molecule has 0 aliphatic carbocycles. The molecule has 1 atom stereocenters. The monoisotopic (exact) mass is 258 g/mol. The van der Waals surface area contributed by atoms with Gasteiger partial charge in [-0.15, -0.1) is 13.2 Å². The van der Waals surface area contributed by atoms with Gasteiger partial charge in [0.25, 0.3) is 0 Å². The van der Waals surface area contributed by atoms with Crippen LogP contribution in [0.5, 0.6) is 5.75 Å². The van der Waals surface area contributed by atoms with Crippen LogP contribution in [0.1, 0.15) is 17.5 Å². The summed E-state index contributed by atoms with van der Waals surface area (Å²) in [7, 11) is 0. The Kier molecular flexibility index (Phi) is 3.24. The first kappa shape index (κ1) is 12.4. The Bertz CT molecular complexity index is 511. The number of H-pyrrole nitrogens is 1. The van der Waals surface area contributed by atoms with Crippen LogP contribution in [0.3, 0.4) is 0 Å². The molecule has 0 bridgehead atoms. The SMILES string of the molecule is OC(c1ncc[nH]1)c1ccccc1OC(F)(F)F. The van der Waals surface area contributed by atoms with Crippen molar-refractivity contribution in [1.82, 2.24) is 9.97 Å². The highest BCUT2D eigenvalue weighted by molar-refractivity contribution is 5.37. The van der Waals surface area contributed by atoms with Crippen molar-refractivity contribution in [2.24, 2.45) is 0 Å². The van der Waals surface area contributed by atoms with E-state index in [1.54, 1.807) is 0 Å². The lowest BCUT2D eigenvalue weighted by Crippen LogP contribution is -2.19. The third kappa shape index (κ3) is 2.80. The lowest BCUT2D eigenvalue weighted by atomic mass is 10.1. The molecule has 2 aromatic rings. The number of para-hydroxylation sites is 1. The molecule has 1 unspecified atom stereocenters. The average molecular weight is 258 g/mol. The summed E-state index contributed by atoms with van der Waals surface area (Å²) in [5.74, 6) is -0.304. The Morgan fingerprint density at radius 2 is 2.00 bits per heavy atom. The van der Waals surface area contributed by atoms with Crippen molar-refractivity contribution in [3.63, 3.8) is 0 Å². The molecule has 0 amide bonds. The minimum Gasteiger partial charge on any atom is -0.405 e. The molecule has 0 aliphatic heterocycles. The van der Waals surface area contributed by atoms with Gasteiger partial charge in [-0.1, -0.05) is 18.2 Å². The summed E-state index contributed by atoms with van der Waals surface area (Å²) >= 11 is 0. The fraction of sp³-hybridized carbons (Fsp3) is 0.182. The zero-order valence-corrected chi connectivity index (χ0v) is 8.98. The smallest absolute Gasteiger partial charge is 0.405 e. The minimum absolute atomic E-state index is 0.00947. The van der Waals surface area contributed by atoms with Crippen molar-refractivity contribution in [2.75, 3.05) is 0 Å². The Hall–Kier alpha value is -2.02. The molecule has 1 heterocycles. The molecule has 7 heteroatoms. The second-order valence-corrected chi connectivity index (χ2v) is 3.46. The second kappa shape index (κ2) is 4.69. The van der Waals surface area contributed by atoms with Crippen LogP contribution >= 0.6 is 0 Å². The second-order valence-electron chi connectivity index (χ2n) is 3.46. The molecule has 4 nitrogen and oxygen atoms in total. The van der Waals surface area contributed by atoms with Gasteiger partial charge >= 0.3 is 6.36 Å². The first-order valence-corrected chi connectivity index (χ1v) is 4.99. The van der Waals surface area contributed by atoms with E-state index in [1.807, 2.05) is 0 Å². The quantitative estimate of drug-likeness (QED) is 0.888. The van der Waals surface area contributed by atoms with Crippen molar-refractivity contribution in [3.05, 3.63) is 48.0 Å². The van der Waals surface area contributed by atoms with Gasteiger partial charge in [0.1, 0.15) is 17.7 Å². The minimum atomic E-state index is -4.81. The standard InChI is InChI=1S/C11H9F3N2O2/c12-11(13,14)18-8-4-2-1-3-7(8)9(17)10-15-5-6-16-10/h1-6,9,17H,(H,15,16). The van der Waals surface area contributed by atoms with Gasteiger partial charge in [-0.05, 0) is 6.07 Å². The van der Waals surface area contributed by atoms with Crippen LogP contribution in [-0.2, 0) is 0 Å². The Labute approximate surface area is 100 Å². The summed E-state index contributed by atoms with van der Waals surface area (Å²) in [5.41, 5.74) is -0.00947. The fourth-order valence-electron chi connectivity index (χ4n) is 1.50. The highest BCUT2D eigenvalue weighted by atomic mass is 19.4. The Morgan fingerprint density at radius 3 is 2.61 bits per heavy atom. The summed E-state index contributed by atoms with van der Waals surface area (Å²) < 4.78 is 40.5. The predicted molar refractivity (Wildman–Crippen MR) is 55.8 cm³/mol. The van der Waals surface area contributed by atoms with Crippen LogP contribution in [0.25, 0.3) is 0 Å². The van der Waals surface area contributed by atoms with E-state index in [9.17, 15) is 18.3 Å². The van der Waals surface area contributed by atoms with Crippen molar-refractivity contribution in [1.29, 1.82) is 0 Å². The van der Waals surface area contributed by atoms with Crippen molar-refractivity contribution >= 4 is 0 Å². The normalized spacial score (nSPS) is 13.3. The van der Waals surface area contributed by atoms with Gasteiger partial charge in [0.2, 0.25) is 0 Å². The van der Waals surface area contributed by atoms with Crippen molar-refractivity contribution in [3.8, 4) is 5.75 Å². The number of aromatic amines is 1. The number of nitrogens with zero attached hydrogens (tertiary/aromatic N) is 1. The lowest BCUT2D eigenvalue weighted by molar-refractivity contribution is -0.275. The zero-order valence-electron chi connectivity index (χ0n) is 8.98. The van der Waals surface area contributed by atoms with Gasteiger partial charge in [0.05, 0.1) is 0 Å². The number of halogens is 3. The molecule has 1 aromatic heterocycles. The molecule has 2 N–H and O–H groups in total. The number of ether oxygens (including phenoxy) is 1. The molecule has 2 rings (SSSR count). The largest absolute Gasteiger partial charge is 0.573 e. The number of aromatic nitrogens is 2. The number of nitrogens with one attached hydrogen (secondary N) is 1. The molecule has 96 valence electrons. The number of aliphatic hydroxyl groups excluding tert-OH is 1. The van der Waals surface area contributed by atoms with Gasteiger partial charge in [-0.25, -0.2) is 4.98 Å². The average Bonchev–Trinajstić information content (AvgIpc) is 2.80. The van der Waals surface area contributed by atoms with Crippen LogP contribution in [0.2, 0.25) is 0 Å². The first-order valence-electron chi connectivity index (χ1n) is 4.99. The zero-order chi connectivity index (χ0) is 13.2. The summed E-state index contributed by atoms with van der Waals surface area (Å²) in [6, 6.07) is 5.37. The van der Waals surface area contributed by atoms with E-state index in [1.165, 1.54) is 30.6 Å². The lowest BCUT2D eigenvalue weighted by Gasteiger charge is -2.15. The molecule has 0 aliphatic rings. The van der Waals surface area contributed by atoms with Crippen LogP contribution in [0.15, 0.2) is 36.7 Å². The molecule has 0 fully saturated rings. The van der Waals surface area contributed by atoms with E-state index in [2.05, 4.69) is 14.7 Å². The molecule has 0 spiro atoms. The van der Waals surface area contributed by atoms with E-state index in [0.717, 1.165) is 6.07 Å². The van der Waals surface area contributed by atoms with E-state index in [0.29, 0.717) is 0 Å². The van der Waals surface area contributed by atoms with Gasteiger partial charge in [0.15, 0.2) is 0 Å². The number of imidazole rings is 1. The number of aliphatic hydroxyl groups is 1. The maximum absolute atomic E-state index is 12.2. The van der Waals surface area contributed by atoms with Gasteiger partial charge in [-0.3, -0.25) is 0 Å². The summed E-state index contributed by atoms with van der Waals surface area (Å²) in [6.45, 7) is 0. The van der Waals surface area contributed by atoms with Gasteiger partial charge in [-0.2, -0.15) is 0 Å². The highest BCUT2D eigenvalue weighted by Gasteiger charge is 2.33. The summed E-state index contributed by atoms with van der Waals surface area (Å²) in [5, 5.41) is 9.92. The molecule has 0 saturated carbocycles. The van der Waals surface area contributed by atoms with Crippen LogP contribution < -0.4 is 4.74 Å². The van der Waals surface area contributed by atoms with Crippen molar-refractivity contribution in [2.45, 2.75) is 12.5 Å². The van der Waals surface area contributed by atoms with E-state index in [-0.39, 0.29) is 11.4 Å². The highest BCUT2D eigenvalue weighted by Crippen LogP contribution is 2.32. The topological polar surface area (TPSA) is 58.1 Å². The molecule has 1 aromatic carbocycles.